The molecule has 2 aromatic carbocycles. The zero-order chi connectivity index (χ0) is 26.7. The third-order valence-electron chi connectivity index (χ3n) is 5.18. The van der Waals surface area contributed by atoms with E-state index in [1.54, 1.807) is 53.2 Å². The van der Waals surface area contributed by atoms with E-state index < -0.39 is 23.7 Å². The topological polar surface area (TPSA) is 120 Å². The molecule has 4 rings (SSSR count). The highest BCUT2D eigenvalue weighted by atomic mass is 35.5. The summed E-state index contributed by atoms with van der Waals surface area (Å²) in [5.41, 5.74) is 8.78. The Morgan fingerprint density at radius 3 is 2.24 bits per heavy atom. The van der Waals surface area contributed by atoms with Gasteiger partial charge in [0.05, 0.1) is 17.9 Å². The summed E-state index contributed by atoms with van der Waals surface area (Å²) < 4.78 is 40.4. The predicted octanol–water partition coefficient (Wildman–Crippen LogP) is 6.68. The number of nitrogens with zero attached hydrogens (tertiary/aromatic N) is 4. The summed E-state index contributed by atoms with van der Waals surface area (Å²) in [7, 11) is 0. The molecule has 0 bridgehead atoms. The lowest BCUT2D eigenvalue weighted by molar-refractivity contribution is -0.141. The van der Waals surface area contributed by atoms with Crippen LogP contribution in [-0.2, 0) is 12.7 Å². The molecule has 188 valence electrons. The van der Waals surface area contributed by atoms with E-state index in [1.807, 2.05) is 0 Å². The quantitative estimate of drug-likeness (QED) is 0.147. The van der Waals surface area contributed by atoms with Crippen molar-refractivity contribution in [2.24, 2.45) is 5.11 Å². The minimum absolute atomic E-state index is 0.243. The van der Waals surface area contributed by atoms with Gasteiger partial charge in [0.1, 0.15) is 5.69 Å². The molecule has 8 nitrogen and oxygen atoms in total. The molecule has 1 amide bonds. The lowest BCUT2D eigenvalue weighted by Crippen LogP contribution is -2.27. The van der Waals surface area contributed by atoms with Crippen LogP contribution in [-0.4, -0.2) is 26.6 Å². The van der Waals surface area contributed by atoms with Crippen LogP contribution in [0.25, 0.3) is 22.5 Å². The summed E-state index contributed by atoms with van der Waals surface area (Å²) in [6.07, 6.45) is -3.45. The molecule has 0 aliphatic rings. The van der Waals surface area contributed by atoms with Crippen LogP contribution in [0.5, 0.6) is 0 Å². The first-order chi connectivity index (χ1) is 17.5. The van der Waals surface area contributed by atoms with Crippen LogP contribution in [0, 0.1) is 10.9 Å². The van der Waals surface area contributed by atoms with Crippen LogP contribution < -0.4 is 5.32 Å². The molecule has 3 N–H and O–H groups in total. The molecule has 13 heteroatoms. The molecule has 37 heavy (non-hydrogen) atoms. The third kappa shape index (κ3) is 6.19. The molecule has 2 aromatic heterocycles. The SMILES string of the molecule is N=NC(=N)NC(=O)c1ccc(Cn2nc(-c3ccc(C(F)(F)F)nc3)cc2-c2cc(Cl)cc(Cl)c2)cc1. The maximum atomic E-state index is 12.9. The third-order valence-corrected chi connectivity index (χ3v) is 5.62. The van der Waals surface area contributed by atoms with Crippen molar-refractivity contribution < 1.29 is 18.0 Å². The Hall–Kier alpha value is -4.09. The van der Waals surface area contributed by atoms with Gasteiger partial charge in [-0.15, -0.1) is 5.11 Å². The second-order valence-electron chi connectivity index (χ2n) is 7.77. The number of carbonyl (C=O) groups excluding carboxylic acids is 1. The molecule has 0 aliphatic heterocycles. The maximum Gasteiger partial charge on any atom is 0.433 e. The summed E-state index contributed by atoms with van der Waals surface area (Å²) in [5.74, 6) is -1.17. The Morgan fingerprint density at radius 2 is 1.68 bits per heavy atom. The molecule has 0 unspecified atom stereocenters. The molecular formula is C24H16Cl2F3N7O. The minimum Gasteiger partial charge on any atom is -0.290 e. The van der Waals surface area contributed by atoms with Crippen molar-refractivity contribution in [3.63, 3.8) is 0 Å². The van der Waals surface area contributed by atoms with E-state index in [2.05, 4.69) is 20.5 Å². The summed E-state index contributed by atoms with van der Waals surface area (Å²) in [4.78, 5) is 15.6. The Kier molecular flexibility index (Phi) is 7.37. The van der Waals surface area contributed by atoms with E-state index in [-0.39, 0.29) is 12.1 Å². The highest BCUT2D eigenvalue weighted by Crippen LogP contribution is 2.32. The van der Waals surface area contributed by atoms with E-state index in [0.717, 1.165) is 17.8 Å². The molecule has 0 atom stereocenters. The van der Waals surface area contributed by atoms with Crippen LogP contribution >= 0.6 is 23.2 Å². The van der Waals surface area contributed by atoms with Gasteiger partial charge in [-0.05, 0) is 54.1 Å². The average Bonchev–Trinajstić information content (AvgIpc) is 3.27. The molecular weight excluding hydrogens is 530 g/mol. The fourth-order valence-electron chi connectivity index (χ4n) is 3.47. The van der Waals surface area contributed by atoms with Crippen molar-refractivity contribution in [3.8, 4) is 22.5 Å². The molecule has 2 heterocycles. The number of benzene rings is 2. The second kappa shape index (κ2) is 10.5. The number of hydrogen-bond acceptors (Lipinski definition) is 5. The van der Waals surface area contributed by atoms with Gasteiger partial charge in [-0.1, -0.05) is 35.3 Å². The number of carbonyl (C=O) groups is 1. The molecule has 0 fully saturated rings. The van der Waals surface area contributed by atoms with E-state index in [9.17, 15) is 18.0 Å². The zero-order valence-electron chi connectivity index (χ0n) is 18.6. The van der Waals surface area contributed by atoms with Crippen molar-refractivity contribution in [2.45, 2.75) is 12.7 Å². The Labute approximate surface area is 218 Å². The highest BCUT2D eigenvalue weighted by molar-refractivity contribution is 6.35. The number of aromatic nitrogens is 3. The van der Waals surface area contributed by atoms with Crippen molar-refractivity contribution in [1.29, 1.82) is 10.9 Å². The van der Waals surface area contributed by atoms with Crippen molar-refractivity contribution in [1.82, 2.24) is 20.1 Å². The van der Waals surface area contributed by atoms with Crippen LogP contribution in [0.1, 0.15) is 21.6 Å². The largest absolute Gasteiger partial charge is 0.433 e. The summed E-state index contributed by atoms with van der Waals surface area (Å²) in [5, 5.41) is 17.7. The minimum atomic E-state index is -4.56. The lowest BCUT2D eigenvalue weighted by atomic mass is 10.1. The van der Waals surface area contributed by atoms with Crippen molar-refractivity contribution in [3.05, 3.63) is 93.7 Å². The fourth-order valence-corrected chi connectivity index (χ4v) is 3.99. The average molecular weight is 546 g/mol. The molecule has 0 radical (unpaired) electrons. The Balaban J connectivity index is 1.69. The van der Waals surface area contributed by atoms with E-state index >= 15 is 0 Å². The van der Waals surface area contributed by atoms with Crippen LogP contribution in [0.4, 0.5) is 13.2 Å². The van der Waals surface area contributed by atoms with Crippen LogP contribution in [0.15, 0.2) is 72.0 Å². The Morgan fingerprint density at radius 1 is 1.00 bits per heavy atom. The summed E-state index contributed by atoms with van der Waals surface area (Å²) >= 11 is 12.4. The van der Waals surface area contributed by atoms with E-state index in [4.69, 9.17) is 34.1 Å². The Bertz CT molecular complexity index is 1460. The zero-order valence-corrected chi connectivity index (χ0v) is 20.2. The van der Waals surface area contributed by atoms with Gasteiger partial charge < -0.3 is 0 Å². The molecule has 4 aromatic rings. The monoisotopic (exact) mass is 545 g/mol. The fraction of sp³-hybridized carbons (Fsp3) is 0.0833. The molecule has 0 aliphatic carbocycles. The van der Waals surface area contributed by atoms with Gasteiger partial charge in [0.15, 0.2) is 0 Å². The van der Waals surface area contributed by atoms with E-state index in [0.29, 0.717) is 32.6 Å². The molecule has 0 spiro atoms. The first-order valence-corrected chi connectivity index (χ1v) is 11.2. The number of nitrogens with one attached hydrogen (secondary N) is 3. The van der Waals surface area contributed by atoms with Crippen molar-refractivity contribution in [2.75, 3.05) is 0 Å². The predicted molar refractivity (Wildman–Crippen MR) is 132 cm³/mol. The number of amides is 1. The molecule has 0 saturated heterocycles. The normalized spacial score (nSPS) is 11.3. The van der Waals surface area contributed by atoms with Crippen molar-refractivity contribution >= 4 is 35.1 Å². The van der Waals surface area contributed by atoms with Crippen LogP contribution in [0.2, 0.25) is 10.0 Å². The number of halogens is 5. The van der Waals surface area contributed by atoms with Crippen LogP contribution in [0.3, 0.4) is 0 Å². The maximum absolute atomic E-state index is 12.9. The van der Waals surface area contributed by atoms with Gasteiger partial charge in [-0.3, -0.25) is 25.2 Å². The number of hydrogen-bond donors (Lipinski definition) is 3. The van der Waals surface area contributed by atoms with Gasteiger partial charge in [-0.2, -0.15) is 18.3 Å². The number of rotatable bonds is 5. The molecule has 0 saturated carbocycles. The van der Waals surface area contributed by atoms with E-state index in [1.165, 1.54) is 6.07 Å². The number of guanidine groups is 1. The van der Waals surface area contributed by atoms with Gasteiger partial charge in [0.25, 0.3) is 5.91 Å². The number of pyridine rings is 1. The van der Waals surface area contributed by atoms with Gasteiger partial charge >= 0.3 is 6.18 Å². The van der Waals surface area contributed by atoms with Gasteiger partial charge in [0, 0.05) is 32.9 Å². The van der Waals surface area contributed by atoms with Gasteiger partial charge in [0.2, 0.25) is 5.96 Å². The first-order valence-electron chi connectivity index (χ1n) is 10.5. The second-order valence-corrected chi connectivity index (χ2v) is 8.64. The highest BCUT2D eigenvalue weighted by Gasteiger charge is 2.32. The smallest absolute Gasteiger partial charge is 0.290 e. The standard InChI is InChI=1S/C24H16Cl2F3N7O/c25-17-7-16(8-18(26)9-17)20-10-19(15-5-6-21(32-11-15)24(27,28)29)35-36(20)12-13-1-3-14(4-2-13)22(37)33-23(30)34-31/h1-11,31H,12H2,(H2,30,33,37). The summed E-state index contributed by atoms with van der Waals surface area (Å²) in [6.45, 7) is 0.243. The van der Waals surface area contributed by atoms with Gasteiger partial charge in [-0.25, -0.2) is 5.53 Å². The first kappa shape index (κ1) is 26.0. The summed E-state index contributed by atoms with van der Waals surface area (Å²) in [6, 6.07) is 15.3. The number of alkyl halides is 3. The lowest BCUT2D eigenvalue weighted by Gasteiger charge is -2.10.